The summed E-state index contributed by atoms with van der Waals surface area (Å²) in [6.07, 6.45) is 15.4. The molecular weight excluding hydrogens is 522 g/mol. The molecular formula is C33H47NO5S. The van der Waals surface area contributed by atoms with E-state index in [0.717, 1.165) is 56.6 Å². The zero-order chi connectivity index (χ0) is 29.2. The van der Waals surface area contributed by atoms with Crippen molar-refractivity contribution in [2.75, 3.05) is 6.54 Å². The van der Waals surface area contributed by atoms with Crippen molar-refractivity contribution in [3.05, 3.63) is 58.8 Å². The van der Waals surface area contributed by atoms with E-state index in [2.05, 4.69) is 23.7 Å². The number of unbranched alkanes of at least 4 members (excludes halogenated alkanes) is 8. The fraction of sp³-hybridized carbons (Fsp3) is 0.545. The number of hydrogen-bond acceptors (Lipinski definition) is 5. The molecule has 0 saturated carbocycles. The fourth-order valence-electron chi connectivity index (χ4n) is 4.62. The van der Waals surface area contributed by atoms with E-state index in [1.807, 2.05) is 29.6 Å². The number of ketones is 1. The highest BCUT2D eigenvalue weighted by Crippen LogP contribution is 2.23. The van der Waals surface area contributed by atoms with Gasteiger partial charge in [0.2, 0.25) is 5.91 Å². The van der Waals surface area contributed by atoms with Gasteiger partial charge < -0.3 is 15.5 Å². The Hall–Kier alpha value is -2.77. The van der Waals surface area contributed by atoms with Gasteiger partial charge in [-0.15, -0.1) is 0 Å². The lowest BCUT2D eigenvalue weighted by Gasteiger charge is -2.25. The van der Waals surface area contributed by atoms with Crippen molar-refractivity contribution in [3.63, 3.8) is 0 Å². The molecule has 0 spiro atoms. The standard InChI is InChI=1S/C33H47NO5S/c1-3-4-5-8-11-14-29(35)15-12-9-6-7-10-13-16-30(33(2,39)32(37)38)31(36)34-23-21-26-17-19-27(20-18-26)28-22-24-40-25-28/h13,16-20,22,24-25,30,39H,3-12,14-15,21,23H2,1-2H3,(H,34,36)(H,37,38)/b16-13+/t30-,33+/m1/s1. The monoisotopic (exact) mass is 569 g/mol. The van der Waals surface area contributed by atoms with Crippen LogP contribution in [0.4, 0.5) is 0 Å². The predicted molar refractivity (Wildman–Crippen MR) is 163 cm³/mol. The Labute approximate surface area is 243 Å². The van der Waals surface area contributed by atoms with Crippen molar-refractivity contribution >= 4 is 29.0 Å². The number of aliphatic hydroxyl groups is 1. The summed E-state index contributed by atoms with van der Waals surface area (Å²) in [6, 6.07) is 10.2. The Morgan fingerprint density at radius 3 is 2.17 bits per heavy atom. The lowest BCUT2D eigenvalue weighted by molar-refractivity contribution is -0.163. The maximum absolute atomic E-state index is 12.9. The summed E-state index contributed by atoms with van der Waals surface area (Å²) in [5.41, 5.74) is 1.16. The Morgan fingerprint density at radius 2 is 1.57 bits per heavy atom. The molecule has 3 N–H and O–H groups in total. The quantitative estimate of drug-likeness (QED) is 0.108. The van der Waals surface area contributed by atoms with E-state index < -0.39 is 23.4 Å². The third-order valence-electron chi connectivity index (χ3n) is 7.31. The molecule has 6 nitrogen and oxygen atoms in total. The number of carbonyl (C=O) groups excluding carboxylic acids is 2. The lowest BCUT2D eigenvalue weighted by atomic mass is 9.87. The summed E-state index contributed by atoms with van der Waals surface area (Å²) >= 11 is 1.65. The first kappa shape index (κ1) is 33.4. The number of carboxylic acid groups (broad SMARTS) is 1. The Morgan fingerprint density at radius 1 is 0.925 bits per heavy atom. The van der Waals surface area contributed by atoms with Crippen molar-refractivity contribution in [2.45, 2.75) is 103 Å². The van der Waals surface area contributed by atoms with Crippen molar-refractivity contribution in [2.24, 2.45) is 5.92 Å². The van der Waals surface area contributed by atoms with Gasteiger partial charge in [-0.3, -0.25) is 9.59 Å². The van der Waals surface area contributed by atoms with Crippen LogP contribution in [0.25, 0.3) is 11.1 Å². The first-order valence-electron chi connectivity index (χ1n) is 14.8. The highest BCUT2D eigenvalue weighted by molar-refractivity contribution is 7.08. The molecule has 0 saturated heterocycles. The molecule has 7 heteroatoms. The average Bonchev–Trinajstić information content (AvgIpc) is 3.47. The fourth-order valence-corrected chi connectivity index (χ4v) is 5.28. The summed E-state index contributed by atoms with van der Waals surface area (Å²) in [6.45, 7) is 3.69. The van der Waals surface area contributed by atoms with E-state index in [-0.39, 0.29) is 0 Å². The molecule has 1 heterocycles. The first-order valence-corrected chi connectivity index (χ1v) is 15.7. The summed E-state index contributed by atoms with van der Waals surface area (Å²) < 4.78 is 0. The number of carboxylic acids is 1. The van der Waals surface area contributed by atoms with E-state index in [1.165, 1.54) is 30.9 Å². The molecule has 40 heavy (non-hydrogen) atoms. The zero-order valence-corrected chi connectivity index (χ0v) is 25.0. The largest absolute Gasteiger partial charge is 0.479 e. The van der Waals surface area contributed by atoms with Crippen molar-refractivity contribution in [1.82, 2.24) is 5.32 Å². The smallest absolute Gasteiger partial charge is 0.336 e. The second kappa shape index (κ2) is 18.6. The van der Waals surface area contributed by atoms with Gasteiger partial charge in [0.25, 0.3) is 0 Å². The maximum atomic E-state index is 12.9. The Kier molecular flexibility index (Phi) is 15.5. The SMILES string of the molecule is CCCCCCCC(=O)CCCCCC/C=C/[C@H](C(=O)NCCc1ccc(-c2ccsc2)cc1)[C@](C)(O)C(=O)O. The zero-order valence-electron chi connectivity index (χ0n) is 24.2. The van der Waals surface area contributed by atoms with Gasteiger partial charge in [0, 0.05) is 19.4 Å². The van der Waals surface area contributed by atoms with Crippen molar-refractivity contribution in [3.8, 4) is 11.1 Å². The normalized spacial score (nSPS) is 13.7. The topological polar surface area (TPSA) is 104 Å². The van der Waals surface area contributed by atoms with Crippen LogP contribution in [0.5, 0.6) is 0 Å². The molecule has 0 unspecified atom stereocenters. The highest BCUT2D eigenvalue weighted by atomic mass is 32.1. The number of carbonyl (C=O) groups is 3. The molecule has 0 fully saturated rings. The van der Waals surface area contributed by atoms with Gasteiger partial charge in [0.15, 0.2) is 5.60 Å². The second-order valence-corrected chi connectivity index (χ2v) is 11.5. The van der Waals surface area contributed by atoms with Crippen LogP contribution >= 0.6 is 11.3 Å². The van der Waals surface area contributed by atoms with E-state index in [9.17, 15) is 24.6 Å². The van der Waals surface area contributed by atoms with Gasteiger partial charge in [-0.05, 0) is 72.5 Å². The van der Waals surface area contributed by atoms with Crippen LogP contribution < -0.4 is 5.32 Å². The predicted octanol–water partition coefficient (Wildman–Crippen LogP) is 7.35. The van der Waals surface area contributed by atoms with Crippen LogP contribution in [0.3, 0.4) is 0 Å². The Bertz CT molecular complexity index is 1040. The number of allylic oxidation sites excluding steroid dienone is 1. The number of amides is 1. The average molecular weight is 570 g/mol. The molecule has 1 amide bonds. The van der Waals surface area contributed by atoms with Crippen LogP contribution in [-0.2, 0) is 20.8 Å². The summed E-state index contributed by atoms with van der Waals surface area (Å²) in [4.78, 5) is 36.5. The van der Waals surface area contributed by atoms with Gasteiger partial charge in [0.1, 0.15) is 5.78 Å². The van der Waals surface area contributed by atoms with E-state index in [0.29, 0.717) is 38.0 Å². The van der Waals surface area contributed by atoms with Crippen LogP contribution in [0.15, 0.2) is 53.2 Å². The highest BCUT2D eigenvalue weighted by Gasteiger charge is 2.42. The minimum absolute atomic E-state index is 0.341. The molecule has 220 valence electrons. The second-order valence-electron chi connectivity index (χ2n) is 10.8. The number of nitrogens with one attached hydrogen (secondary N) is 1. The number of rotatable bonds is 21. The van der Waals surface area contributed by atoms with E-state index >= 15 is 0 Å². The molecule has 0 aliphatic carbocycles. The number of Topliss-reactive ketones (excluding diaryl/α,β-unsaturated/α-hetero) is 1. The number of hydrogen-bond donors (Lipinski definition) is 3. The van der Waals surface area contributed by atoms with Gasteiger partial charge >= 0.3 is 5.97 Å². The molecule has 1 aromatic heterocycles. The van der Waals surface area contributed by atoms with Crippen molar-refractivity contribution < 1.29 is 24.6 Å². The van der Waals surface area contributed by atoms with Gasteiger partial charge in [-0.1, -0.05) is 81.9 Å². The molecule has 1 aromatic carbocycles. The number of benzene rings is 1. The molecule has 2 rings (SSSR count). The van der Waals surface area contributed by atoms with E-state index in [4.69, 9.17) is 0 Å². The number of thiophene rings is 1. The molecule has 0 aliphatic heterocycles. The molecule has 2 aromatic rings. The Balaban J connectivity index is 1.72. The van der Waals surface area contributed by atoms with Crippen LogP contribution in [0.1, 0.15) is 96.5 Å². The minimum Gasteiger partial charge on any atom is -0.479 e. The van der Waals surface area contributed by atoms with Crippen LogP contribution in [0.2, 0.25) is 0 Å². The molecule has 2 atom stereocenters. The van der Waals surface area contributed by atoms with Crippen LogP contribution in [0, 0.1) is 5.92 Å². The third-order valence-corrected chi connectivity index (χ3v) is 7.99. The molecule has 0 bridgehead atoms. The summed E-state index contributed by atoms with van der Waals surface area (Å²) in [5.74, 6) is -2.78. The minimum atomic E-state index is -2.21. The van der Waals surface area contributed by atoms with Gasteiger partial charge in [-0.25, -0.2) is 4.79 Å². The first-order chi connectivity index (χ1) is 19.3. The van der Waals surface area contributed by atoms with E-state index in [1.54, 1.807) is 17.4 Å². The molecule has 0 radical (unpaired) electrons. The molecule has 0 aliphatic rings. The lowest BCUT2D eigenvalue weighted by Crippen LogP contribution is -2.49. The summed E-state index contributed by atoms with van der Waals surface area (Å²) in [5, 5.41) is 27.0. The van der Waals surface area contributed by atoms with Gasteiger partial charge in [-0.2, -0.15) is 11.3 Å². The third kappa shape index (κ3) is 12.2. The summed E-state index contributed by atoms with van der Waals surface area (Å²) in [7, 11) is 0. The van der Waals surface area contributed by atoms with Gasteiger partial charge in [0.05, 0.1) is 5.92 Å². The van der Waals surface area contributed by atoms with Crippen LogP contribution in [-0.4, -0.2) is 40.0 Å². The van der Waals surface area contributed by atoms with Crippen molar-refractivity contribution in [1.29, 1.82) is 0 Å². The number of aliphatic carboxylic acids is 1. The maximum Gasteiger partial charge on any atom is 0.336 e.